The molecule has 0 spiro atoms. The standard InChI is InChI=1S/C19H17ClN2O4/c20-16-4-2-1-3-15(16)18(24)22-11-9-21(10-12-22)17(23)13-5-7-14(8-6-13)19(25)26/h1-8H,9-12H2,(H,25,26)/p-1. The molecule has 0 bridgehead atoms. The molecule has 1 aliphatic rings. The summed E-state index contributed by atoms with van der Waals surface area (Å²) >= 11 is 6.07. The van der Waals surface area contributed by atoms with Gasteiger partial charge >= 0.3 is 0 Å². The molecule has 0 aliphatic carbocycles. The van der Waals surface area contributed by atoms with Gasteiger partial charge in [-0.25, -0.2) is 0 Å². The lowest BCUT2D eigenvalue weighted by Gasteiger charge is -2.35. The normalized spacial score (nSPS) is 14.2. The van der Waals surface area contributed by atoms with Crippen LogP contribution in [0.4, 0.5) is 0 Å². The van der Waals surface area contributed by atoms with Crippen LogP contribution < -0.4 is 5.11 Å². The average Bonchev–Trinajstić information content (AvgIpc) is 2.67. The number of halogens is 1. The molecule has 0 atom stereocenters. The molecule has 6 nitrogen and oxygen atoms in total. The Kier molecular flexibility index (Phi) is 5.23. The Hall–Kier alpha value is -2.86. The van der Waals surface area contributed by atoms with Gasteiger partial charge in [-0.15, -0.1) is 0 Å². The first-order valence-corrected chi connectivity index (χ1v) is 8.49. The van der Waals surface area contributed by atoms with Crippen LogP contribution >= 0.6 is 11.6 Å². The third-order valence-electron chi connectivity index (χ3n) is 4.33. The van der Waals surface area contributed by atoms with E-state index in [1.54, 1.807) is 34.1 Å². The maximum Gasteiger partial charge on any atom is 0.255 e. The van der Waals surface area contributed by atoms with E-state index in [-0.39, 0.29) is 17.4 Å². The number of piperazine rings is 1. The molecule has 134 valence electrons. The van der Waals surface area contributed by atoms with Crippen molar-refractivity contribution < 1.29 is 19.5 Å². The minimum atomic E-state index is -1.28. The second-order valence-electron chi connectivity index (χ2n) is 5.93. The largest absolute Gasteiger partial charge is 0.545 e. The van der Waals surface area contributed by atoms with E-state index in [9.17, 15) is 19.5 Å². The van der Waals surface area contributed by atoms with Crippen LogP contribution in [-0.2, 0) is 0 Å². The third-order valence-corrected chi connectivity index (χ3v) is 4.66. The summed E-state index contributed by atoms with van der Waals surface area (Å²) in [5, 5.41) is 11.2. The number of carbonyl (C=O) groups is 3. The van der Waals surface area contributed by atoms with Gasteiger partial charge < -0.3 is 19.7 Å². The van der Waals surface area contributed by atoms with Gasteiger partial charge in [-0.2, -0.15) is 0 Å². The Labute approximate surface area is 155 Å². The number of rotatable bonds is 3. The smallest absolute Gasteiger partial charge is 0.255 e. The SMILES string of the molecule is O=C([O-])c1ccc(C(=O)N2CCN(C(=O)c3ccccc3Cl)CC2)cc1. The number of nitrogens with zero attached hydrogens (tertiary/aromatic N) is 2. The minimum Gasteiger partial charge on any atom is -0.545 e. The van der Waals surface area contributed by atoms with Crippen molar-refractivity contribution in [2.75, 3.05) is 26.2 Å². The summed E-state index contributed by atoms with van der Waals surface area (Å²) in [6.45, 7) is 1.62. The average molecular weight is 372 g/mol. The summed E-state index contributed by atoms with van der Waals surface area (Å²) in [4.78, 5) is 39.2. The summed E-state index contributed by atoms with van der Waals surface area (Å²) < 4.78 is 0. The van der Waals surface area contributed by atoms with Crippen molar-refractivity contribution in [1.29, 1.82) is 0 Å². The van der Waals surface area contributed by atoms with Gasteiger partial charge in [-0.1, -0.05) is 35.9 Å². The first-order chi connectivity index (χ1) is 12.5. The second kappa shape index (κ2) is 7.58. The van der Waals surface area contributed by atoms with E-state index >= 15 is 0 Å². The second-order valence-corrected chi connectivity index (χ2v) is 6.34. The highest BCUT2D eigenvalue weighted by Gasteiger charge is 2.26. The topological polar surface area (TPSA) is 80.8 Å². The lowest BCUT2D eigenvalue weighted by molar-refractivity contribution is -0.255. The Bertz CT molecular complexity index is 843. The van der Waals surface area contributed by atoms with Gasteiger partial charge in [0.05, 0.1) is 16.6 Å². The third kappa shape index (κ3) is 3.70. The van der Waals surface area contributed by atoms with E-state index in [2.05, 4.69) is 0 Å². The zero-order valence-electron chi connectivity index (χ0n) is 13.9. The zero-order valence-corrected chi connectivity index (χ0v) is 14.6. The van der Waals surface area contributed by atoms with Crippen molar-refractivity contribution in [3.05, 3.63) is 70.2 Å². The number of benzene rings is 2. The zero-order chi connectivity index (χ0) is 18.7. The van der Waals surface area contributed by atoms with Crippen LogP contribution in [0.5, 0.6) is 0 Å². The molecule has 0 unspecified atom stereocenters. The summed E-state index contributed by atoms with van der Waals surface area (Å²) in [6.07, 6.45) is 0. The van der Waals surface area contributed by atoms with Gasteiger partial charge in [-0.05, 0) is 29.8 Å². The van der Waals surface area contributed by atoms with Crippen LogP contribution in [0.1, 0.15) is 31.1 Å². The number of aromatic carboxylic acids is 1. The van der Waals surface area contributed by atoms with Gasteiger partial charge in [0, 0.05) is 31.7 Å². The van der Waals surface area contributed by atoms with Crippen molar-refractivity contribution in [3.8, 4) is 0 Å². The monoisotopic (exact) mass is 371 g/mol. The van der Waals surface area contributed by atoms with E-state index in [0.717, 1.165) is 0 Å². The molecule has 7 heteroatoms. The highest BCUT2D eigenvalue weighted by Crippen LogP contribution is 2.18. The molecule has 2 amide bonds. The predicted molar refractivity (Wildman–Crippen MR) is 94.0 cm³/mol. The maximum absolute atomic E-state index is 12.5. The van der Waals surface area contributed by atoms with Crippen molar-refractivity contribution >= 4 is 29.4 Å². The van der Waals surface area contributed by atoms with Crippen molar-refractivity contribution in [2.24, 2.45) is 0 Å². The van der Waals surface area contributed by atoms with E-state index < -0.39 is 5.97 Å². The highest BCUT2D eigenvalue weighted by molar-refractivity contribution is 6.33. The Balaban J connectivity index is 1.63. The summed E-state index contributed by atoms with van der Waals surface area (Å²) in [5.74, 6) is -1.63. The Morgan fingerprint density at radius 1 is 0.769 bits per heavy atom. The molecule has 0 N–H and O–H groups in total. The molecule has 2 aromatic rings. The molecule has 0 aromatic heterocycles. The highest BCUT2D eigenvalue weighted by atomic mass is 35.5. The predicted octanol–water partition coefficient (Wildman–Crippen LogP) is 1.30. The number of carboxylic acid groups (broad SMARTS) is 1. The van der Waals surface area contributed by atoms with Crippen LogP contribution in [0.25, 0.3) is 0 Å². The summed E-state index contributed by atoms with van der Waals surface area (Å²) in [6, 6.07) is 12.5. The van der Waals surface area contributed by atoms with E-state index in [0.29, 0.717) is 42.3 Å². The lowest BCUT2D eigenvalue weighted by Crippen LogP contribution is -2.50. The first-order valence-electron chi connectivity index (χ1n) is 8.12. The molecular formula is C19H16ClN2O4-. The fourth-order valence-corrected chi connectivity index (χ4v) is 3.07. The minimum absolute atomic E-state index is 0.0247. The number of carbonyl (C=O) groups excluding carboxylic acids is 3. The molecule has 0 saturated carbocycles. The van der Waals surface area contributed by atoms with Crippen molar-refractivity contribution in [1.82, 2.24) is 9.80 Å². The molecule has 26 heavy (non-hydrogen) atoms. The Morgan fingerprint density at radius 2 is 1.27 bits per heavy atom. The van der Waals surface area contributed by atoms with E-state index in [4.69, 9.17) is 11.6 Å². The molecule has 1 fully saturated rings. The Morgan fingerprint density at radius 3 is 1.81 bits per heavy atom. The van der Waals surface area contributed by atoms with Gasteiger partial charge in [-0.3, -0.25) is 9.59 Å². The van der Waals surface area contributed by atoms with Crippen LogP contribution in [0.3, 0.4) is 0 Å². The summed E-state index contributed by atoms with van der Waals surface area (Å²) in [7, 11) is 0. The number of hydrogen-bond donors (Lipinski definition) is 0. The van der Waals surface area contributed by atoms with Crippen LogP contribution in [0, 0.1) is 0 Å². The fraction of sp³-hybridized carbons (Fsp3) is 0.211. The fourth-order valence-electron chi connectivity index (χ4n) is 2.85. The maximum atomic E-state index is 12.5. The van der Waals surface area contributed by atoms with Crippen molar-refractivity contribution in [2.45, 2.75) is 0 Å². The molecule has 1 heterocycles. The number of carboxylic acids is 1. The molecule has 2 aromatic carbocycles. The van der Waals surface area contributed by atoms with Gasteiger partial charge in [0.1, 0.15) is 0 Å². The number of amides is 2. The summed E-state index contributed by atoms with van der Waals surface area (Å²) in [5.41, 5.74) is 0.879. The van der Waals surface area contributed by atoms with E-state index in [1.165, 1.54) is 24.3 Å². The number of hydrogen-bond acceptors (Lipinski definition) is 4. The van der Waals surface area contributed by atoms with Gasteiger partial charge in [0.15, 0.2) is 0 Å². The van der Waals surface area contributed by atoms with Crippen LogP contribution in [-0.4, -0.2) is 53.8 Å². The quantitative estimate of drug-likeness (QED) is 0.814. The molecule has 1 saturated heterocycles. The van der Waals surface area contributed by atoms with Crippen LogP contribution in [0.15, 0.2) is 48.5 Å². The molecule has 0 radical (unpaired) electrons. The van der Waals surface area contributed by atoms with Crippen LogP contribution in [0.2, 0.25) is 5.02 Å². The first kappa shape index (κ1) is 17.9. The van der Waals surface area contributed by atoms with E-state index in [1.807, 2.05) is 0 Å². The van der Waals surface area contributed by atoms with Gasteiger partial charge in [0.2, 0.25) is 0 Å². The molecule has 3 rings (SSSR count). The molecular weight excluding hydrogens is 356 g/mol. The van der Waals surface area contributed by atoms with Gasteiger partial charge in [0.25, 0.3) is 11.8 Å². The lowest BCUT2D eigenvalue weighted by atomic mass is 10.1. The van der Waals surface area contributed by atoms with Crippen molar-refractivity contribution in [3.63, 3.8) is 0 Å². The molecule has 1 aliphatic heterocycles.